The smallest absolute Gasteiger partial charge is 0.157 e. The van der Waals surface area contributed by atoms with Crippen molar-refractivity contribution in [1.29, 1.82) is 0 Å². The predicted molar refractivity (Wildman–Crippen MR) is 148 cm³/mol. The molecule has 0 aliphatic heterocycles. The molecule has 4 nitrogen and oxygen atoms in total. The number of fused-ring (bicyclic) bond motifs is 1. The first-order valence-electron chi connectivity index (χ1n) is 13.2. The second-order valence-electron chi connectivity index (χ2n) is 10.0. The number of aryl methyl sites for hydroxylation is 3. The van der Waals surface area contributed by atoms with Gasteiger partial charge in [-0.3, -0.25) is 0 Å². The van der Waals surface area contributed by atoms with Crippen molar-refractivity contribution < 1.29 is 0 Å². The fourth-order valence-electron chi connectivity index (χ4n) is 4.96. The average Bonchev–Trinajstić information content (AvgIpc) is 3.20. The number of pyridine rings is 1. The molecule has 0 radical (unpaired) electrons. The van der Waals surface area contributed by atoms with E-state index >= 15 is 0 Å². The molecular formula is C31H40N4. The number of anilines is 1. The Balaban J connectivity index is 1.91. The summed E-state index contributed by atoms with van der Waals surface area (Å²) in [6.45, 7) is 13.8. The van der Waals surface area contributed by atoms with Crippen molar-refractivity contribution in [3.8, 4) is 0 Å². The molecule has 0 amide bonds. The Morgan fingerprint density at radius 3 is 1.97 bits per heavy atom. The van der Waals surface area contributed by atoms with Gasteiger partial charge in [0, 0.05) is 31.7 Å². The van der Waals surface area contributed by atoms with E-state index in [9.17, 15) is 0 Å². The van der Waals surface area contributed by atoms with E-state index in [0.717, 1.165) is 55.9 Å². The SMILES string of the molecule is CCCCc1nc2c(N(Cc3ccccc3)Cc3ccccc3)nc(C)c(CC)c2n1CC(C)C. The molecule has 0 N–H and O–H groups in total. The minimum absolute atomic E-state index is 0.555. The number of imidazole rings is 1. The van der Waals surface area contributed by atoms with Crippen LogP contribution in [0, 0.1) is 12.8 Å². The lowest BCUT2D eigenvalue weighted by atomic mass is 10.1. The molecule has 4 aromatic rings. The van der Waals surface area contributed by atoms with E-state index in [4.69, 9.17) is 9.97 Å². The maximum Gasteiger partial charge on any atom is 0.157 e. The van der Waals surface area contributed by atoms with Gasteiger partial charge < -0.3 is 9.47 Å². The molecule has 4 heteroatoms. The second-order valence-corrected chi connectivity index (χ2v) is 10.0. The van der Waals surface area contributed by atoms with Crippen molar-refractivity contribution in [2.24, 2.45) is 5.92 Å². The van der Waals surface area contributed by atoms with E-state index in [-0.39, 0.29) is 0 Å². The molecule has 0 aliphatic rings. The summed E-state index contributed by atoms with van der Waals surface area (Å²) in [5, 5.41) is 0. The number of nitrogens with zero attached hydrogens (tertiary/aromatic N) is 4. The van der Waals surface area contributed by atoms with Crippen molar-refractivity contribution >= 4 is 16.9 Å². The predicted octanol–water partition coefficient (Wildman–Crippen LogP) is 7.51. The minimum Gasteiger partial charge on any atom is -0.346 e. The summed E-state index contributed by atoms with van der Waals surface area (Å²) >= 11 is 0. The van der Waals surface area contributed by atoms with Gasteiger partial charge in [0.25, 0.3) is 0 Å². The topological polar surface area (TPSA) is 34.0 Å². The van der Waals surface area contributed by atoms with Crippen molar-refractivity contribution in [1.82, 2.24) is 14.5 Å². The van der Waals surface area contributed by atoms with Gasteiger partial charge in [-0.1, -0.05) is 94.8 Å². The van der Waals surface area contributed by atoms with Crippen LogP contribution >= 0.6 is 0 Å². The molecule has 0 atom stereocenters. The molecule has 0 fully saturated rings. The lowest BCUT2D eigenvalue weighted by Gasteiger charge is -2.26. The number of hydrogen-bond donors (Lipinski definition) is 0. The van der Waals surface area contributed by atoms with Crippen LogP contribution in [0.5, 0.6) is 0 Å². The third-order valence-electron chi connectivity index (χ3n) is 6.64. The highest BCUT2D eigenvalue weighted by atomic mass is 15.2. The lowest BCUT2D eigenvalue weighted by Crippen LogP contribution is -2.24. The Morgan fingerprint density at radius 1 is 0.857 bits per heavy atom. The monoisotopic (exact) mass is 468 g/mol. The van der Waals surface area contributed by atoms with Crippen LogP contribution < -0.4 is 4.90 Å². The molecule has 2 aromatic heterocycles. The van der Waals surface area contributed by atoms with Crippen molar-refractivity contribution in [3.05, 3.63) is 88.9 Å². The van der Waals surface area contributed by atoms with E-state index < -0.39 is 0 Å². The summed E-state index contributed by atoms with van der Waals surface area (Å²) in [5.41, 5.74) is 7.37. The number of benzene rings is 2. The first kappa shape index (κ1) is 25.0. The third-order valence-corrected chi connectivity index (χ3v) is 6.64. The van der Waals surface area contributed by atoms with Crippen molar-refractivity contribution in [2.75, 3.05) is 4.90 Å². The van der Waals surface area contributed by atoms with Crippen LogP contribution in [0.15, 0.2) is 60.7 Å². The standard InChI is InChI=1S/C31H40N4/c1-6-8-19-28-33-29-30(35(28)20-23(3)4)27(7-2)24(5)32-31(29)34(21-25-15-11-9-12-16-25)22-26-17-13-10-14-18-26/h9-18,23H,6-8,19-22H2,1-5H3. The first-order valence-corrected chi connectivity index (χ1v) is 13.2. The quantitative estimate of drug-likeness (QED) is 0.228. The zero-order valence-electron chi connectivity index (χ0n) is 22.1. The Bertz CT molecular complexity index is 1180. The van der Waals surface area contributed by atoms with Gasteiger partial charge in [0.1, 0.15) is 11.3 Å². The molecule has 0 unspecified atom stereocenters. The summed E-state index contributed by atoms with van der Waals surface area (Å²) in [6.07, 6.45) is 4.30. The highest BCUT2D eigenvalue weighted by Gasteiger charge is 2.23. The van der Waals surface area contributed by atoms with Crippen molar-refractivity contribution in [2.45, 2.75) is 79.9 Å². The molecule has 2 heterocycles. The van der Waals surface area contributed by atoms with Crippen LogP contribution in [0.25, 0.3) is 11.0 Å². The van der Waals surface area contributed by atoms with E-state index in [2.05, 4.69) is 105 Å². The van der Waals surface area contributed by atoms with Gasteiger partial charge in [-0.25, -0.2) is 9.97 Å². The van der Waals surface area contributed by atoms with E-state index in [0.29, 0.717) is 5.92 Å². The number of aromatic nitrogens is 3. The zero-order chi connectivity index (χ0) is 24.8. The van der Waals surface area contributed by atoms with Gasteiger partial charge in [0.15, 0.2) is 5.82 Å². The van der Waals surface area contributed by atoms with Gasteiger partial charge in [-0.15, -0.1) is 0 Å². The van der Waals surface area contributed by atoms with Crippen LogP contribution in [-0.4, -0.2) is 14.5 Å². The summed E-state index contributed by atoms with van der Waals surface area (Å²) in [7, 11) is 0. The van der Waals surface area contributed by atoms with Gasteiger partial charge in [-0.2, -0.15) is 0 Å². The molecule has 0 bridgehead atoms. The van der Waals surface area contributed by atoms with E-state index in [1.807, 2.05) is 0 Å². The number of unbranched alkanes of at least 4 members (excludes halogenated alkanes) is 1. The molecule has 4 rings (SSSR count). The average molecular weight is 469 g/mol. The van der Waals surface area contributed by atoms with E-state index in [1.165, 1.54) is 34.5 Å². The molecular weight excluding hydrogens is 428 g/mol. The van der Waals surface area contributed by atoms with Gasteiger partial charge >= 0.3 is 0 Å². The van der Waals surface area contributed by atoms with Crippen LogP contribution in [0.4, 0.5) is 5.82 Å². The Labute approximate surface area is 211 Å². The normalized spacial score (nSPS) is 11.5. The Hall–Kier alpha value is -3.14. The van der Waals surface area contributed by atoms with E-state index in [1.54, 1.807) is 0 Å². The van der Waals surface area contributed by atoms with Crippen LogP contribution in [0.3, 0.4) is 0 Å². The van der Waals surface area contributed by atoms with Gasteiger partial charge in [-0.05, 0) is 42.4 Å². The van der Waals surface area contributed by atoms with Crippen LogP contribution in [0.1, 0.15) is 68.7 Å². The molecule has 184 valence electrons. The Morgan fingerprint density at radius 2 is 1.46 bits per heavy atom. The first-order chi connectivity index (χ1) is 17.0. The third kappa shape index (κ3) is 5.75. The fourth-order valence-corrected chi connectivity index (χ4v) is 4.96. The number of hydrogen-bond acceptors (Lipinski definition) is 3. The summed E-state index contributed by atoms with van der Waals surface area (Å²) in [4.78, 5) is 13.0. The van der Waals surface area contributed by atoms with Crippen LogP contribution in [-0.2, 0) is 32.5 Å². The highest BCUT2D eigenvalue weighted by Crippen LogP contribution is 2.33. The molecule has 2 aromatic carbocycles. The fraction of sp³-hybridized carbons (Fsp3) is 0.419. The van der Waals surface area contributed by atoms with Crippen LogP contribution in [0.2, 0.25) is 0 Å². The second kappa shape index (κ2) is 11.5. The Kier molecular flexibility index (Phi) is 8.22. The molecule has 0 saturated heterocycles. The minimum atomic E-state index is 0.555. The van der Waals surface area contributed by atoms with Gasteiger partial charge in [0.2, 0.25) is 0 Å². The maximum atomic E-state index is 5.32. The number of rotatable bonds is 11. The maximum absolute atomic E-state index is 5.32. The lowest BCUT2D eigenvalue weighted by molar-refractivity contribution is 0.512. The summed E-state index contributed by atoms with van der Waals surface area (Å²) in [5.74, 6) is 2.76. The molecule has 35 heavy (non-hydrogen) atoms. The highest BCUT2D eigenvalue weighted by molar-refractivity contribution is 5.90. The summed E-state index contributed by atoms with van der Waals surface area (Å²) in [6, 6.07) is 21.4. The molecule has 0 aliphatic carbocycles. The molecule has 0 spiro atoms. The van der Waals surface area contributed by atoms with Gasteiger partial charge in [0.05, 0.1) is 5.52 Å². The molecule has 0 saturated carbocycles. The zero-order valence-corrected chi connectivity index (χ0v) is 22.1. The van der Waals surface area contributed by atoms with Crippen molar-refractivity contribution in [3.63, 3.8) is 0 Å². The largest absolute Gasteiger partial charge is 0.346 e. The summed E-state index contributed by atoms with van der Waals surface area (Å²) < 4.78 is 2.51.